The summed E-state index contributed by atoms with van der Waals surface area (Å²) in [4.78, 5) is 20.5. The molecule has 3 rings (SSSR count). The predicted molar refractivity (Wildman–Crippen MR) is 102 cm³/mol. The Kier molecular flexibility index (Phi) is 5.83. The number of halogens is 2. The van der Waals surface area contributed by atoms with Gasteiger partial charge in [-0.2, -0.15) is 0 Å². The minimum atomic E-state index is -0.360. The number of hydrogen-bond acceptors (Lipinski definition) is 5. The molecule has 138 valence electrons. The van der Waals surface area contributed by atoms with Gasteiger partial charge in [-0.3, -0.25) is 4.79 Å². The maximum absolute atomic E-state index is 12.9. The summed E-state index contributed by atoms with van der Waals surface area (Å²) in [6.07, 6.45) is 2.83. The number of ether oxygens (including phenoxy) is 1. The fraction of sp³-hybridized carbons (Fsp3) is 0.105. The molecule has 3 aromatic rings. The Labute approximate surface area is 160 Å². The molecule has 0 aliphatic rings. The summed E-state index contributed by atoms with van der Waals surface area (Å²) in [7, 11) is 1.52. The van der Waals surface area contributed by atoms with Crippen LogP contribution in [0.2, 0.25) is 5.02 Å². The maximum Gasteiger partial charge on any atom is 0.258 e. The number of nitrogens with one attached hydrogen (secondary N) is 2. The standard InChI is InChI=1S/C19H16ClFN4O2/c1-27-17-7-6-15(8-16(17)20)25-18(26)13-10-23-19(24-11-13)22-9-12-2-4-14(21)5-3-12/h2-8,10-11H,9H2,1H3,(H,25,26)(H,22,23,24). The van der Waals surface area contributed by atoms with Crippen molar-refractivity contribution >= 4 is 29.1 Å². The molecule has 2 N–H and O–H groups in total. The number of methoxy groups -OCH3 is 1. The fourth-order valence-corrected chi connectivity index (χ4v) is 2.53. The van der Waals surface area contributed by atoms with Crippen LogP contribution < -0.4 is 15.4 Å². The van der Waals surface area contributed by atoms with Gasteiger partial charge < -0.3 is 15.4 Å². The summed E-state index contributed by atoms with van der Waals surface area (Å²) < 4.78 is 18.0. The van der Waals surface area contributed by atoms with Gasteiger partial charge in [0.05, 0.1) is 17.7 Å². The molecule has 0 atom stereocenters. The highest BCUT2D eigenvalue weighted by atomic mass is 35.5. The van der Waals surface area contributed by atoms with Crippen molar-refractivity contribution in [1.29, 1.82) is 0 Å². The first-order valence-electron chi connectivity index (χ1n) is 8.00. The van der Waals surface area contributed by atoms with Gasteiger partial charge >= 0.3 is 0 Å². The van der Waals surface area contributed by atoms with Crippen molar-refractivity contribution in [2.45, 2.75) is 6.54 Å². The van der Waals surface area contributed by atoms with Crippen LogP contribution in [0.15, 0.2) is 54.9 Å². The first-order valence-corrected chi connectivity index (χ1v) is 8.38. The Hall–Kier alpha value is -3.19. The van der Waals surface area contributed by atoms with E-state index in [-0.39, 0.29) is 11.7 Å². The third-order valence-electron chi connectivity index (χ3n) is 3.69. The molecule has 27 heavy (non-hydrogen) atoms. The first kappa shape index (κ1) is 18.6. The largest absolute Gasteiger partial charge is 0.495 e. The molecular formula is C19H16ClFN4O2. The fourth-order valence-electron chi connectivity index (χ4n) is 2.27. The summed E-state index contributed by atoms with van der Waals surface area (Å²) in [6.45, 7) is 0.441. The van der Waals surface area contributed by atoms with Crippen LogP contribution in [0.3, 0.4) is 0 Å². The van der Waals surface area contributed by atoms with Crippen molar-refractivity contribution in [1.82, 2.24) is 9.97 Å². The van der Waals surface area contributed by atoms with Crippen molar-refractivity contribution < 1.29 is 13.9 Å². The molecule has 2 aromatic carbocycles. The van der Waals surface area contributed by atoms with Crippen molar-refractivity contribution in [2.24, 2.45) is 0 Å². The SMILES string of the molecule is COc1ccc(NC(=O)c2cnc(NCc3ccc(F)cc3)nc2)cc1Cl. The Morgan fingerprint density at radius 3 is 2.48 bits per heavy atom. The zero-order chi connectivity index (χ0) is 19.2. The van der Waals surface area contributed by atoms with Crippen LogP contribution in [0.25, 0.3) is 0 Å². The zero-order valence-corrected chi connectivity index (χ0v) is 15.1. The van der Waals surface area contributed by atoms with Gasteiger partial charge in [0.1, 0.15) is 11.6 Å². The Balaban J connectivity index is 1.59. The predicted octanol–water partition coefficient (Wildman–Crippen LogP) is 4.14. The van der Waals surface area contributed by atoms with Crippen LogP contribution in [-0.2, 0) is 6.54 Å². The van der Waals surface area contributed by atoms with Crippen LogP contribution in [-0.4, -0.2) is 23.0 Å². The molecule has 0 unspecified atom stereocenters. The molecule has 1 aromatic heterocycles. The number of amides is 1. The summed E-state index contributed by atoms with van der Waals surface area (Å²) in [5, 5.41) is 6.12. The van der Waals surface area contributed by atoms with E-state index in [1.807, 2.05) is 0 Å². The van der Waals surface area contributed by atoms with Gasteiger partial charge in [0, 0.05) is 24.6 Å². The van der Waals surface area contributed by atoms with Gasteiger partial charge in [0.25, 0.3) is 5.91 Å². The molecule has 8 heteroatoms. The van der Waals surface area contributed by atoms with Gasteiger partial charge in [-0.25, -0.2) is 14.4 Å². The molecule has 0 saturated heterocycles. The lowest BCUT2D eigenvalue weighted by Gasteiger charge is -2.08. The van der Waals surface area contributed by atoms with E-state index in [4.69, 9.17) is 16.3 Å². The number of carbonyl (C=O) groups excluding carboxylic acids is 1. The molecule has 0 aliphatic carbocycles. The Morgan fingerprint density at radius 1 is 1.15 bits per heavy atom. The molecule has 6 nitrogen and oxygen atoms in total. The molecule has 0 fully saturated rings. The number of nitrogens with zero attached hydrogens (tertiary/aromatic N) is 2. The van der Waals surface area contributed by atoms with E-state index in [2.05, 4.69) is 20.6 Å². The maximum atomic E-state index is 12.9. The molecule has 0 aliphatic heterocycles. The average Bonchev–Trinajstić information content (AvgIpc) is 2.68. The van der Waals surface area contributed by atoms with Crippen molar-refractivity contribution in [3.8, 4) is 5.75 Å². The highest BCUT2D eigenvalue weighted by Gasteiger charge is 2.09. The Bertz CT molecular complexity index is 933. The third-order valence-corrected chi connectivity index (χ3v) is 3.98. The van der Waals surface area contributed by atoms with E-state index in [9.17, 15) is 9.18 Å². The van der Waals surface area contributed by atoms with Crippen LogP contribution in [0.4, 0.5) is 16.0 Å². The van der Waals surface area contributed by atoms with Gasteiger partial charge in [-0.1, -0.05) is 23.7 Å². The number of aromatic nitrogens is 2. The van der Waals surface area contributed by atoms with Crippen molar-refractivity contribution in [3.05, 3.63) is 76.8 Å². The van der Waals surface area contributed by atoms with E-state index in [0.29, 0.717) is 34.5 Å². The minimum absolute atomic E-state index is 0.288. The van der Waals surface area contributed by atoms with Crippen LogP contribution in [0.1, 0.15) is 15.9 Å². The second-order valence-electron chi connectivity index (χ2n) is 5.58. The second kappa shape index (κ2) is 8.46. The average molecular weight is 387 g/mol. The van der Waals surface area contributed by atoms with Gasteiger partial charge in [-0.05, 0) is 35.9 Å². The Morgan fingerprint density at radius 2 is 1.85 bits per heavy atom. The van der Waals surface area contributed by atoms with Gasteiger partial charge in [0.15, 0.2) is 0 Å². The molecule has 0 bridgehead atoms. The zero-order valence-electron chi connectivity index (χ0n) is 14.4. The smallest absolute Gasteiger partial charge is 0.258 e. The molecule has 0 radical (unpaired) electrons. The summed E-state index contributed by atoms with van der Waals surface area (Å²) >= 11 is 6.04. The van der Waals surface area contributed by atoms with Crippen LogP contribution in [0, 0.1) is 5.82 Å². The first-order chi connectivity index (χ1) is 13.0. The normalized spacial score (nSPS) is 10.3. The molecule has 1 heterocycles. The van der Waals surface area contributed by atoms with Gasteiger partial charge in [-0.15, -0.1) is 0 Å². The molecule has 1 amide bonds. The summed E-state index contributed by atoms with van der Waals surface area (Å²) in [6, 6.07) is 11.1. The van der Waals surface area contributed by atoms with E-state index in [1.165, 1.54) is 31.6 Å². The van der Waals surface area contributed by atoms with Crippen molar-refractivity contribution in [2.75, 3.05) is 17.7 Å². The number of hydrogen-bond donors (Lipinski definition) is 2. The molecular weight excluding hydrogens is 371 g/mol. The summed E-state index contributed by atoms with van der Waals surface area (Å²) in [5.41, 5.74) is 1.72. The number of benzene rings is 2. The van der Waals surface area contributed by atoms with E-state index in [1.54, 1.807) is 30.3 Å². The van der Waals surface area contributed by atoms with E-state index in [0.717, 1.165) is 5.56 Å². The topological polar surface area (TPSA) is 76.1 Å². The number of carbonyl (C=O) groups is 1. The molecule has 0 saturated carbocycles. The monoisotopic (exact) mass is 386 g/mol. The molecule has 0 spiro atoms. The second-order valence-corrected chi connectivity index (χ2v) is 5.99. The lowest BCUT2D eigenvalue weighted by atomic mass is 10.2. The lowest BCUT2D eigenvalue weighted by Crippen LogP contribution is -2.13. The highest BCUT2D eigenvalue weighted by Crippen LogP contribution is 2.27. The third kappa shape index (κ3) is 4.92. The minimum Gasteiger partial charge on any atom is -0.495 e. The summed E-state index contributed by atoms with van der Waals surface area (Å²) in [5.74, 6) is 0.239. The highest BCUT2D eigenvalue weighted by molar-refractivity contribution is 6.32. The van der Waals surface area contributed by atoms with Crippen LogP contribution >= 0.6 is 11.6 Å². The quantitative estimate of drug-likeness (QED) is 0.665. The lowest BCUT2D eigenvalue weighted by molar-refractivity contribution is 0.102. The number of rotatable bonds is 6. The van der Waals surface area contributed by atoms with Crippen molar-refractivity contribution in [3.63, 3.8) is 0 Å². The number of anilines is 2. The van der Waals surface area contributed by atoms with E-state index < -0.39 is 0 Å². The van der Waals surface area contributed by atoms with Crippen LogP contribution in [0.5, 0.6) is 5.75 Å². The van der Waals surface area contributed by atoms with E-state index >= 15 is 0 Å². The van der Waals surface area contributed by atoms with Gasteiger partial charge in [0.2, 0.25) is 5.95 Å².